The molecule has 0 saturated heterocycles. The number of hydrogen-bond acceptors (Lipinski definition) is 2. The fraction of sp³-hybridized carbons (Fsp3) is 0. The Bertz CT molecular complexity index is 237. The van der Waals surface area contributed by atoms with E-state index in [1.165, 1.54) is 0 Å². The molecule has 0 aliphatic rings. The molecule has 0 fully saturated rings. The Balaban J connectivity index is 0. The molecule has 2 nitrogen and oxygen atoms in total. The molecular weight excluding hydrogens is 143 g/mol. The topological polar surface area (TPSA) is 41.8 Å². The van der Waals surface area contributed by atoms with Crippen molar-refractivity contribution in [1.29, 1.82) is 0 Å². The predicted molar refractivity (Wildman–Crippen MR) is 37.2 cm³/mol. The molecule has 0 atom stereocenters. The van der Waals surface area contributed by atoms with Gasteiger partial charge in [-0.15, -0.1) is 0 Å². The van der Waals surface area contributed by atoms with Crippen molar-refractivity contribution in [2.45, 2.75) is 0 Å². The third-order valence-corrected chi connectivity index (χ3v) is 1.05. The van der Waals surface area contributed by atoms with Crippen LogP contribution in [0.15, 0.2) is 18.3 Å². The van der Waals surface area contributed by atoms with Gasteiger partial charge >= 0.3 is 29.6 Å². The number of nitrogens with one attached hydrogen (secondary N) is 1. The normalized spacial score (nSPS) is 8.00. The van der Waals surface area contributed by atoms with Gasteiger partial charge in [-0.1, -0.05) is 12.2 Å². The minimum absolute atomic E-state index is 0. The van der Waals surface area contributed by atoms with Crippen molar-refractivity contribution in [2.75, 3.05) is 5.73 Å². The number of rotatable bonds is 0. The summed E-state index contributed by atoms with van der Waals surface area (Å²) in [5.41, 5.74) is 5.34. The van der Waals surface area contributed by atoms with Gasteiger partial charge in [0, 0.05) is 10.7 Å². The molecule has 0 bridgehead atoms. The number of anilines is 1. The van der Waals surface area contributed by atoms with Gasteiger partial charge in [-0.05, 0) is 12.1 Å². The summed E-state index contributed by atoms with van der Waals surface area (Å²) < 4.78 is 0.765. The summed E-state index contributed by atoms with van der Waals surface area (Å²) in [5, 5.41) is 0. The Kier molecular flexibility index (Phi) is 4.14. The summed E-state index contributed by atoms with van der Waals surface area (Å²) >= 11 is 4.80. The molecule has 1 rings (SSSR count). The van der Waals surface area contributed by atoms with Crippen molar-refractivity contribution in [3.8, 4) is 0 Å². The van der Waals surface area contributed by atoms with Crippen LogP contribution in [0.3, 0.4) is 0 Å². The van der Waals surface area contributed by atoms with Crippen LogP contribution in [0, 0.1) is 4.51 Å². The van der Waals surface area contributed by atoms with Crippen molar-refractivity contribution in [2.24, 2.45) is 0 Å². The molecule has 0 aromatic carbocycles. The average Bonchev–Trinajstić information content (AvgIpc) is 1.64. The zero-order valence-corrected chi connectivity index (χ0v) is 8.03. The molecule has 3 N–H and O–H groups in total. The van der Waals surface area contributed by atoms with E-state index < -0.39 is 0 Å². The first kappa shape index (κ1) is 9.17. The maximum Gasteiger partial charge on any atom is 1.00 e. The van der Waals surface area contributed by atoms with E-state index >= 15 is 0 Å². The summed E-state index contributed by atoms with van der Waals surface area (Å²) in [7, 11) is 0. The number of H-pyrrole nitrogens is 1. The zero-order valence-electron chi connectivity index (χ0n) is 6.22. The number of nitrogens with two attached hydrogens (primary N) is 1. The van der Waals surface area contributed by atoms with E-state index in [4.69, 9.17) is 18.0 Å². The zero-order chi connectivity index (χ0) is 5.98. The van der Waals surface area contributed by atoms with Crippen LogP contribution in [0.25, 0.3) is 0 Å². The van der Waals surface area contributed by atoms with E-state index in [9.17, 15) is 0 Å². The van der Waals surface area contributed by atoms with E-state index in [1.54, 1.807) is 18.3 Å². The van der Waals surface area contributed by atoms with Crippen LogP contribution >= 0.6 is 12.2 Å². The number of hydrogen-bond donors (Lipinski definition) is 2. The SMILES string of the molecule is Nc1cc(=S)cc[nH]1.[H-].[Na+]. The molecule has 0 saturated carbocycles. The smallest absolute Gasteiger partial charge is 1.00 e. The van der Waals surface area contributed by atoms with E-state index in [2.05, 4.69) is 4.98 Å². The maximum absolute atomic E-state index is 5.34. The van der Waals surface area contributed by atoms with Gasteiger partial charge in [0.2, 0.25) is 0 Å². The molecule has 9 heavy (non-hydrogen) atoms. The predicted octanol–water partition coefficient (Wildman–Crippen LogP) is -1.56. The van der Waals surface area contributed by atoms with Crippen LogP contribution < -0.4 is 35.3 Å². The molecule has 1 aromatic heterocycles. The molecule has 4 heteroatoms. The van der Waals surface area contributed by atoms with Gasteiger partial charge in [0.05, 0.1) is 0 Å². The number of aromatic amines is 1. The van der Waals surface area contributed by atoms with Crippen LogP contribution in [-0.2, 0) is 0 Å². The van der Waals surface area contributed by atoms with Gasteiger partial charge in [0.1, 0.15) is 5.82 Å². The Labute approximate surface area is 82.2 Å². The molecule has 1 aromatic rings. The summed E-state index contributed by atoms with van der Waals surface area (Å²) in [4.78, 5) is 2.78. The third-order valence-electron chi connectivity index (χ3n) is 0.795. The third kappa shape index (κ3) is 3.01. The quantitative estimate of drug-likeness (QED) is 0.347. The molecule has 1 heterocycles. The minimum Gasteiger partial charge on any atom is -1.00 e. The van der Waals surface area contributed by atoms with Crippen LogP contribution in [-0.4, -0.2) is 4.98 Å². The monoisotopic (exact) mass is 150 g/mol. The van der Waals surface area contributed by atoms with Crippen LogP contribution in [0.1, 0.15) is 1.43 Å². The molecule has 0 unspecified atom stereocenters. The maximum atomic E-state index is 5.34. The molecule has 0 spiro atoms. The molecule has 44 valence electrons. The van der Waals surface area contributed by atoms with Crippen LogP contribution in [0.2, 0.25) is 0 Å². The molecule has 0 aliphatic carbocycles. The fourth-order valence-corrected chi connectivity index (χ4v) is 0.658. The molecular formula is C5H7N2NaS. The first-order valence-corrected chi connectivity index (χ1v) is 2.64. The standard InChI is InChI=1S/C5H6N2S.Na.H/c6-5-3-4(8)1-2-7-5;;/h1-3H,(H3,6,7,8);;/q;+1;-1. The van der Waals surface area contributed by atoms with E-state index in [1.807, 2.05) is 0 Å². The van der Waals surface area contributed by atoms with Gasteiger partial charge in [-0.3, -0.25) is 0 Å². The van der Waals surface area contributed by atoms with Crippen molar-refractivity contribution in [3.05, 3.63) is 22.8 Å². The van der Waals surface area contributed by atoms with Crippen molar-refractivity contribution < 1.29 is 31.0 Å². The van der Waals surface area contributed by atoms with Gasteiger partial charge in [0.25, 0.3) is 0 Å². The van der Waals surface area contributed by atoms with Crippen LogP contribution in [0.5, 0.6) is 0 Å². The summed E-state index contributed by atoms with van der Waals surface area (Å²) in [6.07, 6.45) is 1.72. The first-order chi connectivity index (χ1) is 3.79. The van der Waals surface area contributed by atoms with Gasteiger partial charge < -0.3 is 12.1 Å². The molecule has 0 amide bonds. The fourth-order valence-electron chi connectivity index (χ4n) is 0.463. The van der Waals surface area contributed by atoms with Crippen LogP contribution in [0.4, 0.5) is 5.82 Å². The van der Waals surface area contributed by atoms with Crippen molar-refractivity contribution >= 4 is 18.0 Å². The molecule has 0 aliphatic heterocycles. The second-order valence-corrected chi connectivity index (χ2v) is 1.95. The van der Waals surface area contributed by atoms with E-state index in [-0.39, 0.29) is 31.0 Å². The summed E-state index contributed by atoms with van der Waals surface area (Å²) in [6, 6.07) is 3.49. The summed E-state index contributed by atoms with van der Waals surface area (Å²) in [5.74, 6) is 0.609. The van der Waals surface area contributed by atoms with Gasteiger partial charge in [-0.25, -0.2) is 0 Å². The Morgan fingerprint density at radius 1 is 1.67 bits per heavy atom. The average molecular weight is 150 g/mol. The molecule has 0 radical (unpaired) electrons. The van der Waals surface area contributed by atoms with Crippen molar-refractivity contribution in [1.82, 2.24) is 4.98 Å². The van der Waals surface area contributed by atoms with Gasteiger partial charge in [0.15, 0.2) is 0 Å². The summed E-state index contributed by atoms with van der Waals surface area (Å²) in [6.45, 7) is 0. The van der Waals surface area contributed by atoms with Crippen molar-refractivity contribution in [3.63, 3.8) is 0 Å². The Hall–Kier alpha value is 0.170. The minimum atomic E-state index is 0. The second kappa shape index (κ2) is 4.06. The second-order valence-electron chi connectivity index (χ2n) is 1.48. The van der Waals surface area contributed by atoms with E-state index in [0.29, 0.717) is 5.82 Å². The number of aromatic nitrogens is 1. The largest absolute Gasteiger partial charge is 1.00 e. The van der Waals surface area contributed by atoms with E-state index in [0.717, 1.165) is 4.51 Å². The first-order valence-electron chi connectivity index (χ1n) is 2.23. The van der Waals surface area contributed by atoms with Gasteiger partial charge in [-0.2, -0.15) is 0 Å². The number of pyridine rings is 1. The Morgan fingerprint density at radius 2 is 2.33 bits per heavy atom. The number of nitrogen functional groups attached to an aromatic ring is 1. The Morgan fingerprint density at radius 3 is 2.67 bits per heavy atom.